The fourth-order valence-corrected chi connectivity index (χ4v) is 2.69. The Kier molecular flexibility index (Phi) is 3.65. The molecule has 3 aromatic rings. The molecule has 3 rings (SSSR count). The van der Waals surface area contributed by atoms with Crippen LogP contribution >= 0.6 is 0 Å². The van der Waals surface area contributed by atoms with E-state index >= 15 is 0 Å². The predicted molar refractivity (Wildman–Crippen MR) is 86.1 cm³/mol. The van der Waals surface area contributed by atoms with Crippen molar-refractivity contribution in [3.8, 4) is 22.6 Å². The van der Waals surface area contributed by atoms with Gasteiger partial charge in [-0.1, -0.05) is 12.1 Å². The molecule has 0 aliphatic heterocycles. The topological polar surface area (TPSA) is 74.7 Å². The number of methoxy groups -OCH3 is 2. The van der Waals surface area contributed by atoms with Crippen molar-refractivity contribution in [3.63, 3.8) is 0 Å². The van der Waals surface area contributed by atoms with Crippen LogP contribution in [0.5, 0.6) is 11.5 Å². The minimum atomic E-state index is -0.415. The molecule has 0 aliphatic rings. The number of fused-ring (bicyclic) bond motifs is 1. The Bertz CT molecular complexity index is 897. The molecule has 0 fully saturated rings. The maximum Gasteiger partial charge on any atom is 0.270 e. The quantitative estimate of drug-likeness (QED) is 0.529. The number of nitro groups is 1. The second-order valence-corrected chi connectivity index (χ2v) is 5.04. The summed E-state index contributed by atoms with van der Waals surface area (Å²) in [7, 11) is 3.13. The molecule has 0 atom stereocenters. The predicted octanol–water partition coefficient (Wildman–Crippen LogP) is 4.33. The highest BCUT2D eigenvalue weighted by molar-refractivity contribution is 6.01. The zero-order valence-corrected chi connectivity index (χ0v) is 13.0. The van der Waals surface area contributed by atoms with Crippen molar-refractivity contribution in [1.29, 1.82) is 0 Å². The number of benzene rings is 2. The maximum absolute atomic E-state index is 11.0. The summed E-state index contributed by atoms with van der Waals surface area (Å²) >= 11 is 0. The van der Waals surface area contributed by atoms with Gasteiger partial charge >= 0.3 is 0 Å². The van der Waals surface area contributed by atoms with E-state index in [9.17, 15) is 10.1 Å². The van der Waals surface area contributed by atoms with Gasteiger partial charge in [-0.15, -0.1) is 0 Å². The zero-order chi connectivity index (χ0) is 16.6. The lowest BCUT2D eigenvalue weighted by Crippen LogP contribution is -1.90. The van der Waals surface area contributed by atoms with Crippen LogP contribution in [0.25, 0.3) is 22.1 Å². The molecule has 0 unspecified atom stereocenters. The Morgan fingerprint density at radius 3 is 2.57 bits per heavy atom. The molecule has 23 heavy (non-hydrogen) atoms. The van der Waals surface area contributed by atoms with Crippen LogP contribution in [-0.4, -0.2) is 19.1 Å². The number of aryl methyl sites for hydroxylation is 1. The van der Waals surface area contributed by atoms with Gasteiger partial charge in [0.15, 0.2) is 0 Å². The zero-order valence-electron chi connectivity index (χ0n) is 13.0. The SMILES string of the molecule is COc1cc(OC)c2c(-c3cccc([N+](=O)[O-])c3)c(C)oc2c1. The van der Waals surface area contributed by atoms with Gasteiger partial charge in [0, 0.05) is 29.8 Å². The summed E-state index contributed by atoms with van der Waals surface area (Å²) in [6.45, 7) is 1.82. The Labute approximate surface area is 132 Å². The summed E-state index contributed by atoms with van der Waals surface area (Å²) in [6.07, 6.45) is 0. The molecule has 1 aromatic heterocycles. The molecular weight excluding hydrogens is 298 g/mol. The Hall–Kier alpha value is -3.02. The number of hydrogen-bond donors (Lipinski definition) is 0. The first kappa shape index (κ1) is 14.9. The number of rotatable bonds is 4. The summed E-state index contributed by atoms with van der Waals surface area (Å²) in [5.41, 5.74) is 2.13. The highest BCUT2D eigenvalue weighted by Gasteiger charge is 2.20. The van der Waals surface area contributed by atoms with Crippen molar-refractivity contribution in [3.05, 3.63) is 52.3 Å². The molecular formula is C17H15NO5. The van der Waals surface area contributed by atoms with Gasteiger partial charge in [-0.3, -0.25) is 10.1 Å². The Morgan fingerprint density at radius 2 is 1.91 bits per heavy atom. The summed E-state index contributed by atoms with van der Waals surface area (Å²) in [5, 5.41) is 11.8. The lowest BCUT2D eigenvalue weighted by atomic mass is 10.0. The van der Waals surface area contributed by atoms with Crippen LogP contribution in [0.15, 0.2) is 40.8 Å². The third-order valence-electron chi connectivity index (χ3n) is 3.71. The fraction of sp³-hybridized carbons (Fsp3) is 0.176. The molecule has 0 amide bonds. The van der Waals surface area contributed by atoms with E-state index in [1.165, 1.54) is 12.1 Å². The normalized spacial score (nSPS) is 10.7. The van der Waals surface area contributed by atoms with E-state index in [1.54, 1.807) is 32.4 Å². The highest BCUT2D eigenvalue weighted by atomic mass is 16.6. The third kappa shape index (κ3) is 2.48. The van der Waals surface area contributed by atoms with Crippen molar-refractivity contribution in [2.75, 3.05) is 14.2 Å². The van der Waals surface area contributed by atoms with Gasteiger partial charge < -0.3 is 13.9 Å². The van der Waals surface area contributed by atoms with Crippen LogP contribution in [0.3, 0.4) is 0 Å². The molecule has 2 aromatic carbocycles. The van der Waals surface area contributed by atoms with Gasteiger partial charge in [0.2, 0.25) is 0 Å². The van der Waals surface area contributed by atoms with Crippen molar-refractivity contribution < 1.29 is 18.8 Å². The molecule has 0 N–H and O–H groups in total. The summed E-state index contributed by atoms with van der Waals surface area (Å²) in [4.78, 5) is 10.6. The average Bonchev–Trinajstić information content (AvgIpc) is 2.89. The molecule has 0 aliphatic carbocycles. The van der Waals surface area contributed by atoms with Crippen molar-refractivity contribution in [1.82, 2.24) is 0 Å². The molecule has 118 valence electrons. The van der Waals surface area contributed by atoms with E-state index < -0.39 is 4.92 Å². The molecule has 0 radical (unpaired) electrons. The number of ether oxygens (including phenoxy) is 2. The van der Waals surface area contributed by atoms with E-state index in [-0.39, 0.29) is 5.69 Å². The largest absolute Gasteiger partial charge is 0.496 e. The van der Waals surface area contributed by atoms with E-state index in [1.807, 2.05) is 13.0 Å². The highest BCUT2D eigenvalue weighted by Crippen LogP contribution is 2.42. The van der Waals surface area contributed by atoms with E-state index in [0.717, 1.165) is 10.9 Å². The van der Waals surface area contributed by atoms with Gasteiger partial charge in [0.25, 0.3) is 5.69 Å². The summed E-state index contributed by atoms with van der Waals surface area (Å²) < 4.78 is 16.5. The van der Waals surface area contributed by atoms with Crippen LogP contribution in [0, 0.1) is 17.0 Å². The van der Waals surface area contributed by atoms with Gasteiger partial charge in [-0.25, -0.2) is 0 Å². The number of furan rings is 1. The first-order valence-electron chi connectivity index (χ1n) is 6.95. The van der Waals surface area contributed by atoms with Gasteiger partial charge in [-0.05, 0) is 12.5 Å². The van der Waals surface area contributed by atoms with Crippen LogP contribution in [0.2, 0.25) is 0 Å². The molecule has 6 nitrogen and oxygen atoms in total. The molecule has 6 heteroatoms. The molecule has 0 saturated carbocycles. The monoisotopic (exact) mass is 313 g/mol. The first-order valence-corrected chi connectivity index (χ1v) is 6.95. The molecule has 0 saturated heterocycles. The van der Waals surface area contributed by atoms with Crippen molar-refractivity contribution in [2.45, 2.75) is 6.92 Å². The van der Waals surface area contributed by atoms with Crippen LogP contribution in [0.4, 0.5) is 5.69 Å². The minimum Gasteiger partial charge on any atom is -0.496 e. The maximum atomic E-state index is 11.0. The van der Waals surface area contributed by atoms with Crippen molar-refractivity contribution >= 4 is 16.7 Å². The second-order valence-electron chi connectivity index (χ2n) is 5.04. The van der Waals surface area contributed by atoms with Crippen LogP contribution < -0.4 is 9.47 Å². The van der Waals surface area contributed by atoms with E-state index in [2.05, 4.69) is 0 Å². The lowest BCUT2D eigenvalue weighted by Gasteiger charge is -2.07. The Balaban J connectivity index is 2.31. The lowest BCUT2D eigenvalue weighted by molar-refractivity contribution is -0.384. The number of hydrogen-bond acceptors (Lipinski definition) is 5. The number of nitro benzene ring substituents is 1. The number of non-ortho nitro benzene ring substituents is 1. The molecule has 1 heterocycles. The fourth-order valence-electron chi connectivity index (χ4n) is 2.69. The standard InChI is InChI=1S/C17H15NO5/c1-10-16(11-5-4-6-12(7-11)18(19)20)17-14(22-3)8-13(21-2)9-15(17)23-10/h4-9H,1-3H3. The first-order chi connectivity index (χ1) is 11.0. The minimum absolute atomic E-state index is 0.0312. The summed E-state index contributed by atoms with van der Waals surface area (Å²) in [6, 6.07) is 9.99. The smallest absolute Gasteiger partial charge is 0.270 e. The molecule has 0 bridgehead atoms. The van der Waals surface area contributed by atoms with E-state index in [0.29, 0.717) is 28.4 Å². The van der Waals surface area contributed by atoms with Gasteiger partial charge in [-0.2, -0.15) is 0 Å². The molecule has 0 spiro atoms. The van der Waals surface area contributed by atoms with Gasteiger partial charge in [0.05, 0.1) is 24.5 Å². The second kappa shape index (κ2) is 5.64. The van der Waals surface area contributed by atoms with Gasteiger partial charge in [0.1, 0.15) is 22.8 Å². The summed E-state index contributed by atoms with van der Waals surface area (Å²) in [5.74, 6) is 1.87. The number of nitrogens with zero attached hydrogens (tertiary/aromatic N) is 1. The van der Waals surface area contributed by atoms with Crippen molar-refractivity contribution in [2.24, 2.45) is 0 Å². The van der Waals surface area contributed by atoms with E-state index in [4.69, 9.17) is 13.9 Å². The van der Waals surface area contributed by atoms with Crippen LogP contribution in [0.1, 0.15) is 5.76 Å². The van der Waals surface area contributed by atoms with Crippen LogP contribution in [-0.2, 0) is 0 Å². The average molecular weight is 313 g/mol. The third-order valence-corrected chi connectivity index (χ3v) is 3.71. The Morgan fingerprint density at radius 1 is 1.13 bits per heavy atom.